The molecule has 0 N–H and O–H groups in total. The van der Waals surface area contributed by atoms with Gasteiger partial charge in [-0.25, -0.2) is 15.0 Å². The van der Waals surface area contributed by atoms with Crippen LogP contribution in [0.15, 0.2) is 42.9 Å². The molecule has 25 heavy (non-hydrogen) atoms. The molecule has 0 unspecified atom stereocenters. The lowest BCUT2D eigenvalue weighted by Gasteiger charge is -2.27. The number of rotatable bonds is 3. The normalized spacial score (nSPS) is 14.7. The minimum Gasteiger partial charge on any atom is -0.341 e. The first-order valence-electron chi connectivity index (χ1n) is 8.58. The minimum atomic E-state index is 0.715. The monoisotopic (exact) mass is 353 g/mol. The van der Waals surface area contributed by atoms with Crippen LogP contribution in [0.4, 0.5) is 5.95 Å². The van der Waals surface area contributed by atoms with E-state index in [1.54, 1.807) is 6.20 Å². The van der Waals surface area contributed by atoms with E-state index in [0.717, 1.165) is 41.7 Å². The highest BCUT2D eigenvalue weighted by atomic mass is 35.5. The Labute approximate surface area is 152 Å². The molecule has 1 aliphatic rings. The Kier molecular flexibility index (Phi) is 4.40. The van der Waals surface area contributed by atoms with Crippen molar-refractivity contribution in [3.63, 3.8) is 0 Å². The van der Waals surface area contributed by atoms with E-state index in [1.807, 2.05) is 48.3 Å². The predicted molar refractivity (Wildman–Crippen MR) is 101 cm³/mol. The fourth-order valence-electron chi connectivity index (χ4n) is 3.24. The molecule has 128 valence electrons. The van der Waals surface area contributed by atoms with Gasteiger partial charge in [-0.05, 0) is 31.4 Å². The second-order valence-electron chi connectivity index (χ2n) is 6.35. The van der Waals surface area contributed by atoms with E-state index in [9.17, 15) is 0 Å². The number of halogens is 1. The number of nitrogens with zero attached hydrogens (tertiary/aromatic N) is 5. The molecular weight excluding hydrogens is 334 g/mol. The van der Waals surface area contributed by atoms with Crippen molar-refractivity contribution in [3.8, 4) is 22.6 Å². The lowest BCUT2D eigenvalue weighted by atomic mass is 10.1. The second-order valence-corrected chi connectivity index (χ2v) is 6.79. The summed E-state index contributed by atoms with van der Waals surface area (Å²) in [6.07, 6.45) is 9.29. The summed E-state index contributed by atoms with van der Waals surface area (Å²) in [5, 5.41) is 0.715. The molecule has 0 aliphatic carbocycles. The zero-order valence-electron chi connectivity index (χ0n) is 14.2. The second kappa shape index (κ2) is 6.84. The molecule has 0 radical (unpaired) electrons. The van der Waals surface area contributed by atoms with Crippen LogP contribution in [-0.4, -0.2) is 32.6 Å². The van der Waals surface area contributed by atoms with Gasteiger partial charge in [-0.1, -0.05) is 23.7 Å². The molecule has 0 atom stereocenters. The van der Waals surface area contributed by atoms with Crippen LogP contribution in [0.5, 0.6) is 0 Å². The molecule has 0 bridgehead atoms. The van der Waals surface area contributed by atoms with Crippen molar-refractivity contribution in [1.29, 1.82) is 0 Å². The van der Waals surface area contributed by atoms with Gasteiger partial charge < -0.3 is 9.47 Å². The Morgan fingerprint density at radius 1 is 1.00 bits per heavy atom. The third-order valence-corrected chi connectivity index (χ3v) is 4.85. The van der Waals surface area contributed by atoms with Gasteiger partial charge in [0.15, 0.2) is 0 Å². The van der Waals surface area contributed by atoms with Crippen LogP contribution >= 0.6 is 11.6 Å². The number of hydrogen-bond acceptors (Lipinski definition) is 4. The summed E-state index contributed by atoms with van der Waals surface area (Å²) in [6.45, 7) is 2.03. The molecule has 2 aromatic heterocycles. The van der Waals surface area contributed by atoms with Gasteiger partial charge in [0.2, 0.25) is 5.95 Å². The first-order valence-corrected chi connectivity index (χ1v) is 8.96. The van der Waals surface area contributed by atoms with Crippen LogP contribution in [0.25, 0.3) is 22.6 Å². The van der Waals surface area contributed by atoms with Crippen molar-refractivity contribution < 1.29 is 0 Å². The molecule has 3 heterocycles. The van der Waals surface area contributed by atoms with Gasteiger partial charge in [0.25, 0.3) is 0 Å². The van der Waals surface area contributed by atoms with Gasteiger partial charge in [-0.3, -0.25) is 0 Å². The standard InChI is InChI=1S/C19H20ClN5/c1-24-12-9-21-18(24)16-13-22-19(25-10-3-2-4-11-25)23-17(16)14-5-7-15(20)8-6-14/h5-9,12-13H,2-4,10-11H2,1H3. The quantitative estimate of drug-likeness (QED) is 0.708. The Balaban J connectivity index is 1.83. The molecular formula is C19H20ClN5. The van der Waals surface area contributed by atoms with E-state index in [0.29, 0.717) is 5.02 Å². The molecule has 6 heteroatoms. The van der Waals surface area contributed by atoms with Crippen molar-refractivity contribution >= 4 is 17.5 Å². The van der Waals surface area contributed by atoms with Crippen LogP contribution in [0, 0.1) is 0 Å². The minimum absolute atomic E-state index is 0.715. The highest BCUT2D eigenvalue weighted by Crippen LogP contribution is 2.31. The van der Waals surface area contributed by atoms with Crippen LogP contribution in [0.3, 0.4) is 0 Å². The Bertz CT molecular complexity index is 866. The van der Waals surface area contributed by atoms with Crippen LogP contribution in [0.1, 0.15) is 19.3 Å². The van der Waals surface area contributed by atoms with Crippen molar-refractivity contribution in [3.05, 3.63) is 47.9 Å². The zero-order valence-corrected chi connectivity index (χ0v) is 14.9. The number of benzene rings is 1. The molecule has 0 saturated carbocycles. The first kappa shape index (κ1) is 16.1. The van der Waals surface area contributed by atoms with Crippen molar-refractivity contribution in [2.24, 2.45) is 7.05 Å². The van der Waals surface area contributed by atoms with Gasteiger partial charge in [0, 0.05) is 49.3 Å². The number of anilines is 1. The highest BCUT2D eigenvalue weighted by molar-refractivity contribution is 6.30. The lowest BCUT2D eigenvalue weighted by Crippen LogP contribution is -2.31. The number of piperidine rings is 1. The molecule has 1 fully saturated rings. The summed E-state index contributed by atoms with van der Waals surface area (Å²) >= 11 is 6.06. The number of aromatic nitrogens is 4. The fraction of sp³-hybridized carbons (Fsp3) is 0.316. The molecule has 1 aliphatic heterocycles. The Morgan fingerprint density at radius 3 is 2.44 bits per heavy atom. The average Bonchev–Trinajstić information content (AvgIpc) is 3.08. The van der Waals surface area contributed by atoms with E-state index >= 15 is 0 Å². The average molecular weight is 354 g/mol. The number of imidazole rings is 1. The summed E-state index contributed by atoms with van der Waals surface area (Å²) in [7, 11) is 1.98. The number of aryl methyl sites for hydroxylation is 1. The van der Waals surface area contributed by atoms with Crippen molar-refractivity contribution in [2.75, 3.05) is 18.0 Å². The maximum Gasteiger partial charge on any atom is 0.225 e. The van der Waals surface area contributed by atoms with E-state index in [4.69, 9.17) is 16.6 Å². The van der Waals surface area contributed by atoms with E-state index in [2.05, 4.69) is 14.9 Å². The maximum atomic E-state index is 6.06. The fourth-order valence-corrected chi connectivity index (χ4v) is 3.36. The first-order chi connectivity index (χ1) is 12.2. The van der Waals surface area contributed by atoms with Crippen LogP contribution in [-0.2, 0) is 7.05 Å². The maximum absolute atomic E-state index is 6.06. The largest absolute Gasteiger partial charge is 0.341 e. The van der Waals surface area contributed by atoms with Gasteiger partial charge in [-0.15, -0.1) is 0 Å². The highest BCUT2D eigenvalue weighted by Gasteiger charge is 2.19. The van der Waals surface area contributed by atoms with E-state index in [1.165, 1.54) is 19.3 Å². The summed E-state index contributed by atoms with van der Waals surface area (Å²) in [5.74, 6) is 1.65. The van der Waals surface area contributed by atoms with Gasteiger partial charge in [0.05, 0.1) is 11.3 Å². The topological polar surface area (TPSA) is 46.8 Å². The number of hydrogen-bond donors (Lipinski definition) is 0. The molecule has 1 aromatic carbocycles. The van der Waals surface area contributed by atoms with Crippen LogP contribution in [0.2, 0.25) is 5.02 Å². The van der Waals surface area contributed by atoms with Gasteiger partial charge in [-0.2, -0.15) is 0 Å². The van der Waals surface area contributed by atoms with Gasteiger partial charge in [0.1, 0.15) is 5.82 Å². The van der Waals surface area contributed by atoms with E-state index in [-0.39, 0.29) is 0 Å². The van der Waals surface area contributed by atoms with E-state index < -0.39 is 0 Å². The van der Waals surface area contributed by atoms with Crippen LogP contribution < -0.4 is 4.90 Å². The molecule has 1 saturated heterocycles. The SMILES string of the molecule is Cn1ccnc1-c1cnc(N2CCCCC2)nc1-c1ccc(Cl)cc1. The molecule has 3 aromatic rings. The zero-order chi connectivity index (χ0) is 17.2. The smallest absolute Gasteiger partial charge is 0.225 e. The Morgan fingerprint density at radius 2 is 1.76 bits per heavy atom. The molecule has 4 rings (SSSR count). The lowest BCUT2D eigenvalue weighted by molar-refractivity contribution is 0.568. The molecule has 0 amide bonds. The molecule has 5 nitrogen and oxygen atoms in total. The summed E-state index contributed by atoms with van der Waals surface area (Å²) < 4.78 is 1.98. The summed E-state index contributed by atoms with van der Waals surface area (Å²) in [4.78, 5) is 16.3. The summed E-state index contributed by atoms with van der Waals surface area (Å²) in [6, 6.07) is 7.78. The summed E-state index contributed by atoms with van der Waals surface area (Å²) in [5.41, 5.74) is 2.83. The Hall–Kier alpha value is -2.40. The van der Waals surface area contributed by atoms with Crippen molar-refractivity contribution in [2.45, 2.75) is 19.3 Å². The molecule has 0 spiro atoms. The van der Waals surface area contributed by atoms with Crippen molar-refractivity contribution in [1.82, 2.24) is 19.5 Å². The van der Waals surface area contributed by atoms with Gasteiger partial charge >= 0.3 is 0 Å². The third-order valence-electron chi connectivity index (χ3n) is 4.59. The third kappa shape index (κ3) is 3.24. The predicted octanol–water partition coefficient (Wildman–Crippen LogP) is 4.19.